The van der Waals surface area contributed by atoms with Gasteiger partial charge in [-0.3, -0.25) is 4.79 Å². The summed E-state index contributed by atoms with van der Waals surface area (Å²) in [5.74, 6) is -1.57. The van der Waals surface area contributed by atoms with Gasteiger partial charge in [-0.2, -0.15) is 0 Å². The van der Waals surface area contributed by atoms with Crippen LogP contribution in [0.2, 0.25) is 0 Å². The molecule has 0 spiro atoms. The summed E-state index contributed by atoms with van der Waals surface area (Å²) in [6, 6.07) is 8.26. The number of ether oxygens (including phenoxy) is 13. The fourth-order valence-corrected chi connectivity index (χ4v) is 3.53. The third-order valence-corrected chi connectivity index (χ3v) is 5.98. The van der Waals surface area contributed by atoms with Crippen LogP contribution in [0, 0.1) is 0 Å². The minimum absolute atomic E-state index is 0.00347. The Balaban J connectivity index is 1.65. The van der Waals surface area contributed by atoms with E-state index in [0.29, 0.717) is 158 Å². The number of ketones is 1. The Hall–Kier alpha value is -2.12. The highest BCUT2D eigenvalue weighted by molar-refractivity contribution is 6.40. The van der Waals surface area contributed by atoms with Crippen LogP contribution in [0.4, 0.5) is 0 Å². The van der Waals surface area contributed by atoms with E-state index in [1.807, 2.05) is 6.92 Å². The van der Waals surface area contributed by atoms with Crippen molar-refractivity contribution in [3.63, 3.8) is 0 Å². The van der Waals surface area contributed by atoms with Gasteiger partial charge < -0.3 is 61.6 Å². The zero-order valence-electron chi connectivity index (χ0n) is 29.2. The van der Waals surface area contributed by atoms with Crippen molar-refractivity contribution in [2.45, 2.75) is 6.92 Å². The third-order valence-electron chi connectivity index (χ3n) is 5.98. The van der Waals surface area contributed by atoms with Crippen LogP contribution < -0.4 is 0 Å². The first kappa shape index (κ1) is 44.9. The molecule has 1 aromatic rings. The number of carbonyl (C=O) groups excluding carboxylic acids is 2. The van der Waals surface area contributed by atoms with Crippen molar-refractivity contribution >= 4 is 11.8 Å². The molecule has 0 saturated heterocycles. The highest BCUT2D eigenvalue weighted by Crippen LogP contribution is 2.01. The highest BCUT2D eigenvalue weighted by Gasteiger charge is 2.17. The number of carbonyl (C=O) groups is 2. The molecule has 49 heavy (non-hydrogen) atoms. The largest absolute Gasteiger partial charge is 0.457 e. The summed E-state index contributed by atoms with van der Waals surface area (Å²) < 4.78 is 69.8. The van der Waals surface area contributed by atoms with Gasteiger partial charge in [0.15, 0.2) is 0 Å². The van der Waals surface area contributed by atoms with Crippen molar-refractivity contribution in [3.05, 3.63) is 35.9 Å². The van der Waals surface area contributed by atoms with Crippen molar-refractivity contribution in [1.82, 2.24) is 0 Å². The molecule has 0 aromatic heterocycles. The summed E-state index contributed by atoms with van der Waals surface area (Å²) in [5.41, 5.74) is 0.295. The van der Waals surface area contributed by atoms with E-state index in [9.17, 15) is 9.59 Å². The standard InChI is InChI=1S/C34H58O15/c1-2-37-8-9-38-10-11-39-12-13-40-14-15-41-16-17-42-18-19-43-20-21-44-22-23-45-24-25-46-26-27-47-28-29-48-30-31-49-34(36)33(35)32-6-4-3-5-7-32/h3-7H,2,8-31H2,1H3. The SMILES string of the molecule is CCOCCOCCOCCOCCOCCOCCOCCOCCOCCOCCOCCOCCOC(=O)C(=O)c1ccccc1. The normalized spacial score (nSPS) is 11.3. The molecule has 0 atom stereocenters. The molecular formula is C34H58O15. The summed E-state index contributed by atoms with van der Waals surface area (Å²) in [7, 11) is 0. The number of hydrogen-bond donors (Lipinski definition) is 0. The maximum absolute atomic E-state index is 11.9. The van der Waals surface area contributed by atoms with Crippen molar-refractivity contribution in [1.29, 1.82) is 0 Å². The van der Waals surface area contributed by atoms with E-state index >= 15 is 0 Å². The Morgan fingerprint density at radius 2 is 0.612 bits per heavy atom. The quantitative estimate of drug-likeness (QED) is 0.0421. The number of hydrogen-bond acceptors (Lipinski definition) is 15. The van der Waals surface area contributed by atoms with Crippen LogP contribution in [0.5, 0.6) is 0 Å². The molecule has 0 bridgehead atoms. The van der Waals surface area contributed by atoms with Gasteiger partial charge in [-0.05, 0) is 6.92 Å². The van der Waals surface area contributed by atoms with Gasteiger partial charge >= 0.3 is 5.97 Å². The van der Waals surface area contributed by atoms with Crippen LogP contribution in [0.1, 0.15) is 17.3 Å². The average molecular weight is 707 g/mol. The Morgan fingerprint density at radius 3 is 0.878 bits per heavy atom. The molecule has 0 amide bonds. The van der Waals surface area contributed by atoms with Gasteiger partial charge in [-0.25, -0.2) is 4.79 Å². The molecule has 0 heterocycles. The van der Waals surface area contributed by atoms with Gasteiger partial charge in [0, 0.05) is 12.2 Å². The summed E-state index contributed by atoms with van der Waals surface area (Å²) in [5, 5.41) is 0. The molecule has 0 aliphatic rings. The van der Waals surface area contributed by atoms with Crippen molar-refractivity contribution in [2.24, 2.45) is 0 Å². The minimum atomic E-state index is -0.898. The second kappa shape index (κ2) is 37.1. The summed E-state index contributed by atoms with van der Waals surface area (Å²) in [4.78, 5) is 23.6. The third kappa shape index (κ3) is 31.6. The first-order valence-electron chi connectivity index (χ1n) is 16.9. The molecule has 0 aliphatic carbocycles. The van der Waals surface area contributed by atoms with Crippen LogP contribution in [-0.2, 0) is 66.4 Å². The molecule has 15 nitrogen and oxygen atoms in total. The van der Waals surface area contributed by atoms with E-state index in [0.717, 1.165) is 0 Å². The zero-order valence-corrected chi connectivity index (χ0v) is 29.2. The Morgan fingerprint density at radius 1 is 0.367 bits per heavy atom. The molecule has 0 radical (unpaired) electrons. The minimum Gasteiger partial charge on any atom is -0.457 e. The Bertz CT molecular complexity index is 846. The lowest BCUT2D eigenvalue weighted by Crippen LogP contribution is -2.20. The smallest absolute Gasteiger partial charge is 0.379 e. The monoisotopic (exact) mass is 706 g/mol. The van der Waals surface area contributed by atoms with E-state index in [4.69, 9.17) is 61.6 Å². The lowest BCUT2D eigenvalue weighted by molar-refractivity contribution is -0.139. The van der Waals surface area contributed by atoms with E-state index in [2.05, 4.69) is 0 Å². The predicted molar refractivity (Wildman–Crippen MR) is 177 cm³/mol. The van der Waals surface area contributed by atoms with Crippen LogP contribution in [0.3, 0.4) is 0 Å². The molecule has 15 heteroatoms. The number of esters is 1. The highest BCUT2D eigenvalue weighted by atomic mass is 16.6. The van der Waals surface area contributed by atoms with Gasteiger partial charge in [0.2, 0.25) is 0 Å². The lowest BCUT2D eigenvalue weighted by Gasteiger charge is -2.09. The summed E-state index contributed by atoms with van der Waals surface area (Å²) in [6.45, 7) is 13.6. The summed E-state index contributed by atoms with van der Waals surface area (Å²) in [6.07, 6.45) is 0. The topological polar surface area (TPSA) is 154 Å². The van der Waals surface area contributed by atoms with E-state index in [-0.39, 0.29) is 13.2 Å². The number of Topliss-reactive ketones (excluding diaryl/α,β-unsaturated/α-hetero) is 1. The molecule has 0 N–H and O–H groups in total. The molecular weight excluding hydrogens is 648 g/mol. The predicted octanol–water partition coefficient (Wildman–Crippen LogP) is 1.63. The molecule has 1 rings (SSSR count). The molecule has 284 valence electrons. The van der Waals surface area contributed by atoms with Crippen molar-refractivity contribution in [2.75, 3.05) is 165 Å². The van der Waals surface area contributed by atoms with Gasteiger partial charge in [0.05, 0.1) is 152 Å². The van der Waals surface area contributed by atoms with Crippen LogP contribution in [0.25, 0.3) is 0 Å². The first-order chi connectivity index (χ1) is 24.3. The number of rotatable bonds is 39. The van der Waals surface area contributed by atoms with Crippen LogP contribution >= 0.6 is 0 Å². The number of benzene rings is 1. The molecule has 0 fully saturated rings. The van der Waals surface area contributed by atoms with Gasteiger partial charge in [0.1, 0.15) is 6.61 Å². The van der Waals surface area contributed by atoms with Crippen LogP contribution in [0.15, 0.2) is 30.3 Å². The average Bonchev–Trinajstić information content (AvgIpc) is 3.12. The van der Waals surface area contributed by atoms with E-state index < -0.39 is 11.8 Å². The first-order valence-corrected chi connectivity index (χ1v) is 16.9. The van der Waals surface area contributed by atoms with Gasteiger partial charge in [-0.1, -0.05) is 30.3 Å². The summed E-state index contributed by atoms with van der Waals surface area (Å²) >= 11 is 0. The second-order valence-corrected chi connectivity index (χ2v) is 9.76. The van der Waals surface area contributed by atoms with E-state index in [1.165, 1.54) is 0 Å². The molecule has 0 aliphatic heterocycles. The van der Waals surface area contributed by atoms with Gasteiger partial charge in [-0.15, -0.1) is 0 Å². The lowest BCUT2D eigenvalue weighted by atomic mass is 10.1. The molecule has 0 unspecified atom stereocenters. The maximum Gasteiger partial charge on any atom is 0.379 e. The van der Waals surface area contributed by atoms with Crippen molar-refractivity contribution < 1.29 is 71.2 Å². The zero-order chi connectivity index (χ0) is 35.1. The van der Waals surface area contributed by atoms with Crippen molar-refractivity contribution in [3.8, 4) is 0 Å². The molecule has 0 saturated carbocycles. The van der Waals surface area contributed by atoms with Crippen LogP contribution in [-0.4, -0.2) is 177 Å². The fourth-order valence-electron chi connectivity index (χ4n) is 3.53. The Labute approximate surface area is 290 Å². The van der Waals surface area contributed by atoms with Gasteiger partial charge in [0.25, 0.3) is 5.78 Å². The fraction of sp³-hybridized carbons (Fsp3) is 0.765. The molecule has 1 aromatic carbocycles. The van der Waals surface area contributed by atoms with E-state index in [1.54, 1.807) is 30.3 Å². The Kier molecular flexibility index (Phi) is 34.0. The maximum atomic E-state index is 11.9. The second-order valence-electron chi connectivity index (χ2n) is 9.76.